The normalized spacial score (nSPS) is 24.1. The quantitative estimate of drug-likeness (QED) is 0.796. The third-order valence-electron chi connectivity index (χ3n) is 3.95. The molecule has 0 radical (unpaired) electrons. The number of rotatable bonds is 5. The number of amides is 1. The smallest absolute Gasteiger partial charge is 0.429 e. The minimum absolute atomic E-state index is 0.0499. The molecule has 0 aromatic carbocycles. The second-order valence-electron chi connectivity index (χ2n) is 7.07. The maximum absolute atomic E-state index is 12.9. The molecule has 0 saturated heterocycles. The van der Waals surface area contributed by atoms with Gasteiger partial charge in [-0.2, -0.15) is 18.6 Å². The number of aliphatic hydroxyl groups excluding tert-OH is 1. The van der Waals surface area contributed by atoms with Gasteiger partial charge in [-0.25, -0.2) is 9.80 Å². The predicted molar refractivity (Wildman–Crippen MR) is 78.4 cm³/mol. The van der Waals surface area contributed by atoms with Gasteiger partial charge >= 0.3 is 12.3 Å². The molecule has 1 heterocycles. The van der Waals surface area contributed by atoms with Gasteiger partial charge in [0.15, 0.2) is 0 Å². The van der Waals surface area contributed by atoms with Crippen LogP contribution in [-0.2, 0) is 9.47 Å². The van der Waals surface area contributed by atoms with Gasteiger partial charge in [0, 0.05) is 6.20 Å². The van der Waals surface area contributed by atoms with Gasteiger partial charge in [-0.1, -0.05) is 0 Å². The van der Waals surface area contributed by atoms with Crippen molar-refractivity contribution in [2.45, 2.75) is 64.1 Å². The van der Waals surface area contributed by atoms with Crippen molar-refractivity contribution in [3.63, 3.8) is 0 Å². The number of nitrogens with one attached hydrogen (secondary N) is 1. The topological polar surface area (TPSA) is 71.0 Å². The zero-order chi connectivity index (χ0) is 18.2. The highest BCUT2D eigenvalue weighted by molar-refractivity contribution is 5.69. The van der Waals surface area contributed by atoms with Gasteiger partial charge in [-0.05, 0) is 46.1 Å². The Balaban J connectivity index is 1.72. The molecule has 24 heavy (non-hydrogen) atoms. The second-order valence-corrected chi connectivity index (χ2v) is 7.07. The zero-order valence-electron chi connectivity index (χ0n) is 13.9. The Morgan fingerprint density at radius 2 is 2.04 bits per heavy atom. The maximum atomic E-state index is 12.9. The number of carbonyl (C=O) groups excluding carboxylic acids is 1. The Kier molecular flexibility index (Phi) is 5.17. The third-order valence-corrected chi connectivity index (χ3v) is 3.95. The van der Waals surface area contributed by atoms with E-state index >= 15 is 0 Å². The molecule has 1 aliphatic carbocycles. The molecule has 0 aromatic rings. The van der Waals surface area contributed by atoms with Gasteiger partial charge in [0.05, 0.1) is 18.1 Å². The summed E-state index contributed by atoms with van der Waals surface area (Å²) in [5.41, 5.74) is 0.0719. The highest BCUT2D eigenvalue weighted by Crippen LogP contribution is 2.60. The van der Waals surface area contributed by atoms with Crippen molar-refractivity contribution in [2.75, 3.05) is 6.61 Å². The van der Waals surface area contributed by atoms with Crippen molar-refractivity contribution < 1.29 is 32.5 Å². The second kappa shape index (κ2) is 6.53. The van der Waals surface area contributed by atoms with E-state index in [1.165, 1.54) is 12.3 Å². The molecule has 6 nitrogen and oxygen atoms in total. The molecule has 2 unspecified atom stereocenters. The first-order valence-electron chi connectivity index (χ1n) is 7.78. The minimum atomic E-state index is -4.40. The Hall–Kier alpha value is -1.32. The van der Waals surface area contributed by atoms with Crippen LogP contribution in [0.2, 0.25) is 0 Å². The molecule has 9 heteroatoms. The zero-order valence-corrected chi connectivity index (χ0v) is 13.9. The van der Waals surface area contributed by atoms with Gasteiger partial charge in [-0.3, -0.25) is 0 Å². The molecule has 138 valence electrons. The number of hydrazine groups is 1. The summed E-state index contributed by atoms with van der Waals surface area (Å²) in [6.07, 6.45) is -4.42. The molecule has 1 amide bonds. The van der Waals surface area contributed by atoms with Crippen LogP contribution < -0.4 is 5.43 Å². The summed E-state index contributed by atoms with van der Waals surface area (Å²) in [4.78, 5) is 11.8. The number of nitrogens with zero attached hydrogens (tertiary/aromatic N) is 1. The van der Waals surface area contributed by atoms with E-state index in [1.807, 2.05) is 0 Å². The van der Waals surface area contributed by atoms with Crippen LogP contribution in [0.1, 0.15) is 40.0 Å². The molecule has 1 fully saturated rings. The van der Waals surface area contributed by atoms with E-state index in [1.54, 1.807) is 20.8 Å². The monoisotopic (exact) mass is 352 g/mol. The first-order chi connectivity index (χ1) is 10.9. The number of halogens is 3. The molecule has 2 N–H and O–H groups in total. The number of carbonyl (C=O) groups is 1. The summed E-state index contributed by atoms with van der Waals surface area (Å²) < 4.78 is 49.1. The fourth-order valence-electron chi connectivity index (χ4n) is 2.43. The number of hydrogen-bond acceptors (Lipinski definition) is 5. The first-order valence-corrected chi connectivity index (χ1v) is 7.78. The molecular formula is C15H23F3N2O4. The van der Waals surface area contributed by atoms with Crippen LogP contribution in [0.15, 0.2) is 12.3 Å². The van der Waals surface area contributed by atoms with Crippen molar-refractivity contribution in [1.82, 2.24) is 10.4 Å². The maximum Gasteiger partial charge on any atom is 0.429 e. The highest BCUT2D eigenvalue weighted by atomic mass is 19.4. The van der Waals surface area contributed by atoms with Gasteiger partial charge in [-0.15, -0.1) is 0 Å². The van der Waals surface area contributed by atoms with Crippen LogP contribution in [0.3, 0.4) is 0 Å². The summed E-state index contributed by atoms with van der Waals surface area (Å²) in [6, 6.07) is 0. The van der Waals surface area contributed by atoms with E-state index in [4.69, 9.17) is 9.47 Å². The summed E-state index contributed by atoms with van der Waals surface area (Å²) >= 11 is 0. The summed E-state index contributed by atoms with van der Waals surface area (Å²) in [7, 11) is 0. The van der Waals surface area contributed by atoms with Crippen LogP contribution in [0, 0.1) is 5.41 Å². The van der Waals surface area contributed by atoms with Crippen LogP contribution >= 0.6 is 0 Å². The van der Waals surface area contributed by atoms with Crippen LogP contribution in [0.4, 0.5) is 18.0 Å². The van der Waals surface area contributed by atoms with Crippen molar-refractivity contribution in [3.05, 3.63) is 12.3 Å². The highest BCUT2D eigenvalue weighted by Gasteiger charge is 2.66. The lowest BCUT2D eigenvalue weighted by molar-refractivity contribution is -0.216. The fourth-order valence-corrected chi connectivity index (χ4v) is 2.43. The van der Waals surface area contributed by atoms with Gasteiger partial charge < -0.3 is 14.6 Å². The van der Waals surface area contributed by atoms with Gasteiger partial charge in [0.25, 0.3) is 0 Å². The Labute approximate surface area is 138 Å². The molecule has 2 aliphatic rings. The van der Waals surface area contributed by atoms with Gasteiger partial charge in [0.2, 0.25) is 0 Å². The van der Waals surface area contributed by atoms with Crippen LogP contribution in [0.25, 0.3) is 0 Å². The van der Waals surface area contributed by atoms with Crippen LogP contribution in [0.5, 0.6) is 0 Å². The summed E-state index contributed by atoms with van der Waals surface area (Å²) in [5.74, 6) is 0. The van der Waals surface area contributed by atoms with Crippen molar-refractivity contribution in [2.24, 2.45) is 5.41 Å². The Morgan fingerprint density at radius 1 is 1.42 bits per heavy atom. The minimum Gasteiger partial charge on any atom is -0.442 e. The average molecular weight is 352 g/mol. The standard InChI is InChI=1S/C15H23F3N2O4/c1-13(2,3)24-12(22)20-8-4-11(19-20)23-9-5-10(21)14(6-7-14)15(16,17)18/h4,8,10-11,19,21H,5-7,9H2,1-3H3. The molecule has 1 saturated carbocycles. The SMILES string of the molecule is CC(C)(C)OC(=O)N1C=CC(OCCC(O)C2(C(F)(F)F)CC2)N1. The van der Waals surface area contributed by atoms with E-state index < -0.39 is 35.6 Å². The Morgan fingerprint density at radius 3 is 2.54 bits per heavy atom. The Bertz CT molecular complexity index is 498. The predicted octanol–water partition coefficient (Wildman–Crippen LogP) is 2.69. The molecule has 0 spiro atoms. The average Bonchev–Trinajstić information content (AvgIpc) is 3.11. The van der Waals surface area contributed by atoms with E-state index in [-0.39, 0.29) is 25.9 Å². The molecule has 2 atom stereocenters. The number of aliphatic hydroxyl groups is 1. The lowest BCUT2D eigenvalue weighted by Crippen LogP contribution is -2.43. The lowest BCUT2D eigenvalue weighted by Gasteiger charge is -2.26. The molecule has 1 aliphatic heterocycles. The van der Waals surface area contributed by atoms with Crippen molar-refractivity contribution in [1.29, 1.82) is 0 Å². The van der Waals surface area contributed by atoms with Gasteiger partial charge in [0.1, 0.15) is 11.8 Å². The summed E-state index contributed by atoms with van der Waals surface area (Å²) in [5, 5.41) is 10.9. The van der Waals surface area contributed by atoms with E-state index in [0.29, 0.717) is 0 Å². The van der Waals surface area contributed by atoms with E-state index in [9.17, 15) is 23.1 Å². The largest absolute Gasteiger partial charge is 0.442 e. The molecule has 2 rings (SSSR count). The van der Waals surface area contributed by atoms with E-state index in [2.05, 4.69) is 5.43 Å². The lowest BCUT2D eigenvalue weighted by atomic mass is 9.96. The first kappa shape index (κ1) is 19.0. The fraction of sp³-hybridized carbons (Fsp3) is 0.800. The van der Waals surface area contributed by atoms with Crippen LogP contribution in [-0.4, -0.2) is 46.9 Å². The summed E-state index contributed by atoms with van der Waals surface area (Å²) in [6.45, 7) is 5.13. The van der Waals surface area contributed by atoms with Crippen molar-refractivity contribution >= 4 is 6.09 Å². The molecule has 0 bridgehead atoms. The number of alkyl halides is 3. The number of ether oxygens (including phenoxy) is 2. The van der Waals surface area contributed by atoms with E-state index in [0.717, 1.165) is 5.01 Å². The third kappa shape index (κ3) is 4.40. The number of hydrogen-bond donors (Lipinski definition) is 2. The van der Waals surface area contributed by atoms with Crippen molar-refractivity contribution in [3.8, 4) is 0 Å². The molecule has 0 aromatic heterocycles. The molecular weight excluding hydrogens is 329 g/mol.